The van der Waals surface area contributed by atoms with E-state index in [1.165, 1.54) is 24.8 Å². The summed E-state index contributed by atoms with van der Waals surface area (Å²) in [6, 6.07) is 6.30. The zero-order chi connectivity index (χ0) is 14.5. The topological polar surface area (TPSA) is 44.5 Å². The lowest BCUT2D eigenvalue weighted by Crippen LogP contribution is -2.23. The third-order valence-electron chi connectivity index (χ3n) is 4.27. The first-order chi connectivity index (χ1) is 9.63. The molecule has 1 aliphatic rings. The average Bonchev–Trinajstić information content (AvgIpc) is 2.86. The standard InChI is InChI=1S/C16H24BrNO2/c1-11-4-3-5-13(11)16(18)12-6-7-15(14(17)10-12)20-9-8-19-2/h6-7,10-11,13,16H,3-5,8-9,18H2,1-2H3. The van der Waals surface area contributed by atoms with Gasteiger partial charge in [-0.2, -0.15) is 0 Å². The second kappa shape index (κ2) is 7.43. The Morgan fingerprint density at radius 2 is 2.15 bits per heavy atom. The van der Waals surface area contributed by atoms with Crippen molar-refractivity contribution in [2.45, 2.75) is 32.2 Å². The van der Waals surface area contributed by atoms with Gasteiger partial charge in [-0.15, -0.1) is 0 Å². The molecule has 1 fully saturated rings. The van der Waals surface area contributed by atoms with Gasteiger partial charge >= 0.3 is 0 Å². The van der Waals surface area contributed by atoms with E-state index in [4.69, 9.17) is 15.2 Å². The molecule has 4 heteroatoms. The smallest absolute Gasteiger partial charge is 0.133 e. The highest BCUT2D eigenvalue weighted by Gasteiger charge is 2.29. The zero-order valence-electron chi connectivity index (χ0n) is 12.3. The van der Waals surface area contributed by atoms with Crippen molar-refractivity contribution in [3.8, 4) is 5.75 Å². The van der Waals surface area contributed by atoms with Crippen LogP contribution in [0.5, 0.6) is 5.75 Å². The van der Waals surface area contributed by atoms with E-state index in [0.717, 1.165) is 16.1 Å². The van der Waals surface area contributed by atoms with Crippen LogP contribution in [0.2, 0.25) is 0 Å². The molecule has 1 aromatic carbocycles. The van der Waals surface area contributed by atoms with E-state index in [0.29, 0.717) is 19.1 Å². The van der Waals surface area contributed by atoms with Crippen molar-refractivity contribution in [2.75, 3.05) is 20.3 Å². The number of halogens is 1. The summed E-state index contributed by atoms with van der Waals surface area (Å²) in [5.41, 5.74) is 7.64. The molecule has 0 amide bonds. The monoisotopic (exact) mass is 341 g/mol. The minimum absolute atomic E-state index is 0.122. The predicted octanol–water partition coefficient (Wildman–Crippen LogP) is 3.91. The largest absolute Gasteiger partial charge is 0.490 e. The Balaban J connectivity index is 2.04. The maximum atomic E-state index is 6.45. The van der Waals surface area contributed by atoms with E-state index < -0.39 is 0 Å². The number of nitrogens with two attached hydrogens (primary N) is 1. The molecular formula is C16H24BrNO2. The maximum Gasteiger partial charge on any atom is 0.133 e. The van der Waals surface area contributed by atoms with Crippen LogP contribution in [-0.4, -0.2) is 20.3 Å². The van der Waals surface area contributed by atoms with Crippen molar-refractivity contribution < 1.29 is 9.47 Å². The molecule has 0 saturated heterocycles. The van der Waals surface area contributed by atoms with Crippen molar-refractivity contribution >= 4 is 15.9 Å². The minimum Gasteiger partial charge on any atom is -0.490 e. The summed E-state index contributed by atoms with van der Waals surface area (Å²) in [5.74, 6) is 2.17. The number of hydrogen-bond donors (Lipinski definition) is 1. The molecule has 0 radical (unpaired) electrons. The van der Waals surface area contributed by atoms with Gasteiger partial charge in [0.1, 0.15) is 12.4 Å². The molecule has 0 aliphatic heterocycles. The molecule has 112 valence electrons. The number of ether oxygens (including phenoxy) is 2. The first-order valence-corrected chi connectivity index (χ1v) is 8.09. The Kier molecular flexibility index (Phi) is 5.87. The molecule has 2 N–H and O–H groups in total. The van der Waals surface area contributed by atoms with Gasteiger partial charge in [-0.25, -0.2) is 0 Å². The summed E-state index contributed by atoms with van der Waals surface area (Å²) in [4.78, 5) is 0. The summed E-state index contributed by atoms with van der Waals surface area (Å²) in [7, 11) is 1.67. The first kappa shape index (κ1) is 15.8. The first-order valence-electron chi connectivity index (χ1n) is 7.30. The second-order valence-corrected chi connectivity index (χ2v) is 6.48. The molecule has 0 bridgehead atoms. The fraction of sp³-hybridized carbons (Fsp3) is 0.625. The van der Waals surface area contributed by atoms with E-state index in [-0.39, 0.29) is 6.04 Å². The Bertz CT molecular complexity index is 438. The summed E-state index contributed by atoms with van der Waals surface area (Å²) in [5, 5.41) is 0. The number of hydrogen-bond acceptors (Lipinski definition) is 3. The van der Waals surface area contributed by atoms with E-state index in [1.54, 1.807) is 7.11 Å². The quantitative estimate of drug-likeness (QED) is 0.797. The highest BCUT2D eigenvalue weighted by Crippen LogP contribution is 2.40. The second-order valence-electron chi connectivity index (χ2n) is 5.63. The van der Waals surface area contributed by atoms with Gasteiger partial charge in [-0.3, -0.25) is 0 Å². The Labute approximate surface area is 130 Å². The maximum absolute atomic E-state index is 6.45. The molecule has 0 spiro atoms. The Morgan fingerprint density at radius 3 is 2.75 bits per heavy atom. The molecular weight excluding hydrogens is 318 g/mol. The fourth-order valence-corrected chi connectivity index (χ4v) is 3.54. The Morgan fingerprint density at radius 1 is 1.35 bits per heavy atom. The van der Waals surface area contributed by atoms with Gasteiger partial charge in [0.15, 0.2) is 0 Å². The lowest BCUT2D eigenvalue weighted by atomic mass is 9.86. The molecule has 3 atom stereocenters. The lowest BCUT2D eigenvalue weighted by molar-refractivity contribution is 0.146. The van der Waals surface area contributed by atoms with Gasteiger partial charge < -0.3 is 15.2 Å². The van der Waals surface area contributed by atoms with Gasteiger partial charge in [0.2, 0.25) is 0 Å². The van der Waals surface area contributed by atoms with Crippen LogP contribution in [0.4, 0.5) is 0 Å². The molecule has 0 aromatic heterocycles. The third kappa shape index (κ3) is 3.74. The lowest BCUT2D eigenvalue weighted by Gasteiger charge is -2.24. The predicted molar refractivity (Wildman–Crippen MR) is 84.9 cm³/mol. The molecule has 1 aliphatic carbocycles. The highest BCUT2D eigenvalue weighted by molar-refractivity contribution is 9.10. The van der Waals surface area contributed by atoms with E-state index in [2.05, 4.69) is 35.0 Å². The highest BCUT2D eigenvalue weighted by atomic mass is 79.9. The van der Waals surface area contributed by atoms with Crippen molar-refractivity contribution in [2.24, 2.45) is 17.6 Å². The number of rotatable bonds is 6. The molecule has 20 heavy (non-hydrogen) atoms. The minimum atomic E-state index is 0.122. The summed E-state index contributed by atoms with van der Waals surface area (Å²) in [6.07, 6.45) is 3.85. The van der Waals surface area contributed by atoms with Crippen LogP contribution < -0.4 is 10.5 Å². The van der Waals surface area contributed by atoms with Crippen LogP contribution in [0.3, 0.4) is 0 Å². The van der Waals surface area contributed by atoms with Crippen molar-refractivity contribution in [1.29, 1.82) is 0 Å². The molecule has 1 aromatic rings. The van der Waals surface area contributed by atoms with Crippen LogP contribution in [0.1, 0.15) is 37.8 Å². The van der Waals surface area contributed by atoms with E-state index >= 15 is 0 Å². The molecule has 3 unspecified atom stereocenters. The molecule has 1 saturated carbocycles. The Hall–Kier alpha value is -0.580. The van der Waals surface area contributed by atoms with Gasteiger partial charge in [-0.1, -0.05) is 25.8 Å². The van der Waals surface area contributed by atoms with E-state index in [9.17, 15) is 0 Å². The average molecular weight is 342 g/mol. The van der Waals surface area contributed by atoms with Gasteiger partial charge in [0.05, 0.1) is 11.1 Å². The molecule has 3 nitrogen and oxygen atoms in total. The van der Waals surface area contributed by atoms with Crippen LogP contribution in [-0.2, 0) is 4.74 Å². The number of benzene rings is 1. The van der Waals surface area contributed by atoms with Gasteiger partial charge in [0, 0.05) is 13.2 Å². The van der Waals surface area contributed by atoms with Crippen molar-refractivity contribution in [3.05, 3.63) is 28.2 Å². The molecule has 2 rings (SSSR count). The summed E-state index contributed by atoms with van der Waals surface area (Å²) < 4.78 is 11.6. The SMILES string of the molecule is COCCOc1ccc(C(N)C2CCCC2C)cc1Br. The zero-order valence-corrected chi connectivity index (χ0v) is 13.9. The summed E-state index contributed by atoms with van der Waals surface area (Å²) in [6.45, 7) is 3.46. The van der Waals surface area contributed by atoms with Gasteiger partial charge in [-0.05, 0) is 51.9 Å². The van der Waals surface area contributed by atoms with Crippen LogP contribution >= 0.6 is 15.9 Å². The van der Waals surface area contributed by atoms with Crippen molar-refractivity contribution in [1.82, 2.24) is 0 Å². The van der Waals surface area contributed by atoms with Gasteiger partial charge in [0.25, 0.3) is 0 Å². The third-order valence-corrected chi connectivity index (χ3v) is 4.89. The summed E-state index contributed by atoms with van der Waals surface area (Å²) >= 11 is 3.57. The normalized spacial score (nSPS) is 23.8. The number of methoxy groups -OCH3 is 1. The van der Waals surface area contributed by atoms with E-state index in [1.807, 2.05) is 6.07 Å². The van der Waals surface area contributed by atoms with Crippen LogP contribution in [0.25, 0.3) is 0 Å². The fourth-order valence-electron chi connectivity index (χ4n) is 3.03. The van der Waals surface area contributed by atoms with Crippen LogP contribution in [0.15, 0.2) is 22.7 Å². The molecule has 0 heterocycles. The van der Waals surface area contributed by atoms with Crippen molar-refractivity contribution in [3.63, 3.8) is 0 Å². The van der Waals surface area contributed by atoms with Crippen LogP contribution in [0, 0.1) is 11.8 Å².